The molecule has 0 aliphatic heterocycles. The van der Waals surface area contributed by atoms with Gasteiger partial charge in [0.1, 0.15) is 11.5 Å². The van der Waals surface area contributed by atoms with Crippen LogP contribution in [0.5, 0.6) is 5.75 Å². The lowest BCUT2D eigenvalue weighted by Crippen LogP contribution is -2.16. The number of aliphatic hydroxyl groups excluding tert-OH is 1. The van der Waals surface area contributed by atoms with E-state index in [0.29, 0.717) is 18.1 Å². The van der Waals surface area contributed by atoms with E-state index in [-0.39, 0.29) is 12.5 Å². The summed E-state index contributed by atoms with van der Waals surface area (Å²) in [5.41, 5.74) is 0.568. The third-order valence-corrected chi connectivity index (χ3v) is 2.52. The second kappa shape index (κ2) is 7.28. The summed E-state index contributed by atoms with van der Waals surface area (Å²) in [7, 11) is 4.05. The zero-order chi connectivity index (χ0) is 13.5. The van der Waals surface area contributed by atoms with Crippen LogP contribution in [0, 0.1) is 0 Å². The second-order valence-corrected chi connectivity index (χ2v) is 4.86. The van der Waals surface area contributed by atoms with Crippen LogP contribution in [-0.2, 0) is 6.61 Å². The summed E-state index contributed by atoms with van der Waals surface area (Å²) in [4.78, 5) is 10.7. The van der Waals surface area contributed by atoms with Gasteiger partial charge >= 0.3 is 0 Å². The highest BCUT2D eigenvalue weighted by atomic mass is 16.5. The first kappa shape index (κ1) is 14.9. The van der Waals surface area contributed by atoms with Crippen LogP contribution < -0.4 is 4.74 Å². The molecule has 1 N–H and O–H groups in total. The van der Waals surface area contributed by atoms with Crippen LogP contribution in [-0.4, -0.2) is 47.2 Å². The van der Waals surface area contributed by atoms with Gasteiger partial charge in [0.05, 0.1) is 19.4 Å². The molecule has 102 valence electrons. The summed E-state index contributed by atoms with van der Waals surface area (Å²) in [6, 6.07) is 0. The Morgan fingerprint density at radius 1 is 1.39 bits per heavy atom. The van der Waals surface area contributed by atoms with E-state index in [0.717, 1.165) is 18.8 Å². The summed E-state index contributed by atoms with van der Waals surface area (Å²) < 4.78 is 5.60. The molecule has 0 saturated carbocycles. The maximum absolute atomic E-state index is 9.29. The fraction of sp³-hybridized carbons (Fsp3) is 0.692. The molecular weight excluding hydrogens is 230 g/mol. The number of rotatable bonds is 7. The molecule has 0 fully saturated rings. The van der Waals surface area contributed by atoms with Crippen molar-refractivity contribution >= 4 is 0 Å². The van der Waals surface area contributed by atoms with Crippen LogP contribution in [0.4, 0.5) is 0 Å². The highest BCUT2D eigenvalue weighted by Gasteiger charge is 2.09. The molecule has 0 unspecified atom stereocenters. The first-order chi connectivity index (χ1) is 8.54. The Labute approximate surface area is 109 Å². The van der Waals surface area contributed by atoms with Gasteiger partial charge in [0.2, 0.25) is 0 Å². The summed E-state index contributed by atoms with van der Waals surface area (Å²) >= 11 is 0. The monoisotopic (exact) mass is 253 g/mol. The molecule has 0 saturated heterocycles. The molecule has 0 spiro atoms. The predicted octanol–water partition coefficient (Wildman–Crippen LogP) is 1.42. The minimum Gasteiger partial charge on any atom is -0.490 e. The fourth-order valence-electron chi connectivity index (χ4n) is 1.50. The molecule has 0 amide bonds. The highest BCUT2D eigenvalue weighted by Crippen LogP contribution is 2.18. The molecule has 5 heteroatoms. The van der Waals surface area contributed by atoms with Gasteiger partial charge in [0.15, 0.2) is 5.75 Å². The molecule has 1 aromatic heterocycles. The second-order valence-electron chi connectivity index (χ2n) is 4.86. The zero-order valence-corrected chi connectivity index (χ0v) is 11.7. The van der Waals surface area contributed by atoms with Gasteiger partial charge in [-0.3, -0.25) is 0 Å². The number of aliphatic hydroxyl groups is 1. The van der Waals surface area contributed by atoms with Crippen molar-refractivity contribution in [2.75, 3.05) is 27.2 Å². The van der Waals surface area contributed by atoms with E-state index in [9.17, 15) is 5.11 Å². The molecule has 18 heavy (non-hydrogen) atoms. The van der Waals surface area contributed by atoms with E-state index >= 15 is 0 Å². The van der Waals surface area contributed by atoms with Crippen molar-refractivity contribution < 1.29 is 9.84 Å². The number of hydrogen-bond donors (Lipinski definition) is 1. The Hall–Kier alpha value is -1.20. The molecule has 0 bridgehead atoms. The van der Waals surface area contributed by atoms with Crippen LogP contribution in [0.15, 0.2) is 6.20 Å². The SMILES string of the molecule is CC(C)c1ncc(OCCCN(C)C)c(CO)n1. The van der Waals surface area contributed by atoms with Crippen molar-refractivity contribution in [2.24, 2.45) is 0 Å². The number of aromatic nitrogens is 2. The summed E-state index contributed by atoms with van der Waals surface area (Å²) in [6.45, 7) is 5.50. The molecule has 0 aliphatic carbocycles. The van der Waals surface area contributed by atoms with Crippen LogP contribution >= 0.6 is 0 Å². The Bertz CT molecular complexity index is 367. The molecule has 5 nitrogen and oxygen atoms in total. The average molecular weight is 253 g/mol. The molecular formula is C13H23N3O2. The summed E-state index contributed by atoms with van der Waals surface area (Å²) in [5.74, 6) is 1.57. The molecule has 0 radical (unpaired) electrons. The van der Waals surface area contributed by atoms with E-state index in [1.54, 1.807) is 6.20 Å². The first-order valence-electron chi connectivity index (χ1n) is 6.28. The number of ether oxygens (including phenoxy) is 1. The normalized spacial score (nSPS) is 11.3. The largest absolute Gasteiger partial charge is 0.490 e. The van der Waals surface area contributed by atoms with Gasteiger partial charge in [0.25, 0.3) is 0 Å². The van der Waals surface area contributed by atoms with Gasteiger partial charge < -0.3 is 14.7 Å². The quantitative estimate of drug-likeness (QED) is 0.745. The maximum Gasteiger partial charge on any atom is 0.161 e. The topological polar surface area (TPSA) is 58.5 Å². The lowest BCUT2D eigenvalue weighted by atomic mass is 10.2. The van der Waals surface area contributed by atoms with Crippen LogP contribution in [0.3, 0.4) is 0 Å². The lowest BCUT2D eigenvalue weighted by molar-refractivity contribution is 0.247. The Balaban J connectivity index is 2.59. The third-order valence-electron chi connectivity index (χ3n) is 2.52. The summed E-state index contributed by atoms with van der Waals surface area (Å²) in [5, 5.41) is 9.29. The van der Waals surface area contributed by atoms with Gasteiger partial charge in [-0.25, -0.2) is 9.97 Å². The van der Waals surface area contributed by atoms with Gasteiger partial charge in [0, 0.05) is 12.5 Å². The van der Waals surface area contributed by atoms with Crippen LogP contribution in [0.2, 0.25) is 0 Å². The lowest BCUT2D eigenvalue weighted by Gasteiger charge is -2.13. The van der Waals surface area contributed by atoms with E-state index in [2.05, 4.69) is 14.9 Å². The van der Waals surface area contributed by atoms with Crippen molar-refractivity contribution in [3.05, 3.63) is 17.7 Å². The minimum absolute atomic E-state index is 0.120. The average Bonchev–Trinajstić information content (AvgIpc) is 2.34. The number of nitrogens with zero attached hydrogens (tertiary/aromatic N) is 3. The van der Waals surface area contributed by atoms with Crippen molar-refractivity contribution in [1.82, 2.24) is 14.9 Å². The van der Waals surface area contributed by atoms with E-state index in [1.165, 1.54) is 0 Å². The van der Waals surface area contributed by atoms with Crippen molar-refractivity contribution in [2.45, 2.75) is 32.8 Å². The smallest absolute Gasteiger partial charge is 0.161 e. The Morgan fingerprint density at radius 2 is 2.11 bits per heavy atom. The van der Waals surface area contributed by atoms with E-state index < -0.39 is 0 Å². The van der Waals surface area contributed by atoms with Gasteiger partial charge in [-0.2, -0.15) is 0 Å². The fourth-order valence-corrected chi connectivity index (χ4v) is 1.50. The van der Waals surface area contributed by atoms with Crippen molar-refractivity contribution in [1.29, 1.82) is 0 Å². The predicted molar refractivity (Wildman–Crippen MR) is 70.7 cm³/mol. The van der Waals surface area contributed by atoms with Crippen LogP contribution in [0.25, 0.3) is 0 Å². The van der Waals surface area contributed by atoms with Crippen LogP contribution in [0.1, 0.15) is 37.7 Å². The molecule has 1 aromatic rings. The standard InChI is InChI=1S/C13H23N3O2/c1-10(2)13-14-8-12(11(9-17)15-13)18-7-5-6-16(3)4/h8,10,17H,5-7,9H2,1-4H3. The summed E-state index contributed by atoms with van der Waals surface area (Å²) in [6.07, 6.45) is 2.59. The minimum atomic E-state index is -0.120. The van der Waals surface area contributed by atoms with E-state index in [1.807, 2.05) is 27.9 Å². The highest BCUT2D eigenvalue weighted by molar-refractivity contribution is 5.24. The maximum atomic E-state index is 9.29. The van der Waals surface area contributed by atoms with E-state index in [4.69, 9.17) is 4.74 Å². The first-order valence-corrected chi connectivity index (χ1v) is 6.28. The third kappa shape index (κ3) is 4.58. The molecule has 1 heterocycles. The Kier molecular flexibility index (Phi) is 6.01. The van der Waals surface area contributed by atoms with Gasteiger partial charge in [-0.05, 0) is 20.5 Å². The molecule has 0 atom stereocenters. The van der Waals surface area contributed by atoms with Crippen molar-refractivity contribution in [3.8, 4) is 5.75 Å². The van der Waals surface area contributed by atoms with Gasteiger partial charge in [-0.15, -0.1) is 0 Å². The Morgan fingerprint density at radius 3 is 2.67 bits per heavy atom. The number of hydrogen-bond acceptors (Lipinski definition) is 5. The molecule has 0 aliphatic rings. The molecule has 1 rings (SSSR count). The zero-order valence-electron chi connectivity index (χ0n) is 11.7. The molecule has 0 aromatic carbocycles. The van der Waals surface area contributed by atoms with Crippen molar-refractivity contribution in [3.63, 3.8) is 0 Å². The van der Waals surface area contributed by atoms with Gasteiger partial charge in [-0.1, -0.05) is 13.8 Å².